The highest BCUT2D eigenvalue weighted by Gasteiger charge is 2.39. The molecule has 29 heavy (non-hydrogen) atoms. The number of aliphatic hydroxyl groups is 3. The minimum Gasteiger partial charge on any atom is -0.491 e. The molecule has 6 nitrogen and oxygen atoms in total. The second-order valence-corrected chi connectivity index (χ2v) is 8.21. The quantitative estimate of drug-likeness (QED) is 0.531. The van der Waals surface area contributed by atoms with Crippen LogP contribution in [0, 0.1) is 6.92 Å². The number of ether oxygens (including phenoxy) is 1. The van der Waals surface area contributed by atoms with Gasteiger partial charge in [0.1, 0.15) is 24.6 Å². The Bertz CT molecular complexity index is 1100. The number of benzene rings is 2. The van der Waals surface area contributed by atoms with Gasteiger partial charge in [-0.05, 0) is 42.8 Å². The van der Waals surface area contributed by atoms with Crippen LogP contribution in [0.4, 0.5) is 0 Å². The molecule has 6 heteroatoms. The molecule has 152 valence electrons. The summed E-state index contributed by atoms with van der Waals surface area (Å²) in [7, 11) is 0. The van der Waals surface area contributed by atoms with Gasteiger partial charge in [0.05, 0.1) is 12.2 Å². The number of carbonyl (C=O) groups is 1. The maximum absolute atomic E-state index is 13.3. The van der Waals surface area contributed by atoms with Crippen LogP contribution in [-0.2, 0) is 5.41 Å². The molecule has 1 aliphatic carbocycles. The second-order valence-electron chi connectivity index (χ2n) is 8.21. The smallest absolute Gasteiger partial charge is 0.195 e. The third-order valence-electron chi connectivity index (χ3n) is 5.77. The van der Waals surface area contributed by atoms with E-state index in [4.69, 9.17) is 9.84 Å². The first-order valence-electron chi connectivity index (χ1n) is 9.66. The fourth-order valence-electron chi connectivity index (χ4n) is 4.02. The minimum atomic E-state index is -1.26. The largest absolute Gasteiger partial charge is 0.491 e. The fraction of sp³-hybridized carbons (Fsp3) is 0.348. The SMILES string of the molecule is Cc1ccc2[nH]c3c(c2c1)C(=O)c1ccc(OCC(O)C(O)CO)cc1C3(C)C. The third-order valence-corrected chi connectivity index (χ3v) is 5.77. The highest BCUT2D eigenvalue weighted by molar-refractivity contribution is 6.20. The Morgan fingerprint density at radius 3 is 2.59 bits per heavy atom. The number of H-pyrrole nitrogens is 1. The molecule has 0 fully saturated rings. The molecule has 0 radical (unpaired) electrons. The van der Waals surface area contributed by atoms with Gasteiger partial charge in [-0.15, -0.1) is 0 Å². The number of fused-ring (bicyclic) bond motifs is 4. The zero-order valence-corrected chi connectivity index (χ0v) is 16.7. The maximum atomic E-state index is 13.3. The third kappa shape index (κ3) is 3.13. The van der Waals surface area contributed by atoms with Gasteiger partial charge in [0.25, 0.3) is 0 Å². The van der Waals surface area contributed by atoms with E-state index in [-0.39, 0.29) is 12.4 Å². The lowest BCUT2D eigenvalue weighted by molar-refractivity contribution is -0.0339. The van der Waals surface area contributed by atoms with Crippen molar-refractivity contribution in [1.82, 2.24) is 4.98 Å². The monoisotopic (exact) mass is 395 g/mol. The van der Waals surface area contributed by atoms with Gasteiger partial charge in [-0.25, -0.2) is 0 Å². The summed E-state index contributed by atoms with van der Waals surface area (Å²) in [6, 6.07) is 11.3. The summed E-state index contributed by atoms with van der Waals surface area (Å²) in [5, 5.41) is 29.1. The molecule has 1 aliphatic rings. The van der Waals surface area contributed by atoms with Crippen molar-refractivity contribution in [3.63, 3.8) is 0 Å². The van der Waals surface area contributed by atoms with Crippen LogP contribution in [0.15, 0.2) is 36.4 Å². The lowest BCUT2D eigenvalue weighted by Crippen LogP contribution is -2.34. The summed E-state index contributed by atoms with van der Waals surface area (Å²) in [6.45, 7) is 5.43. The highest BCUT2D eigenvalue weighted by Crippen LogP contribution is 2.44. The number of ketones is 1. The number of rotatable bonds is 5. The average molecular weight is 395 g/mol. The van der Waals surface area contributed by atoms with Crippen molar-refractivity contribution >= 4 is 16.7 Å². The average Bonchev–Trinajstić information content (AvgIpc) is 3.09. The number of nitrogens with one attached hydrogen (secondary N) is 1. The van der Waals surface area contributed by atoms with Gasteiger partial charge in [-0.3, -0.25) is 4.79 Å². The number of aromatic nitrogens is 1. The number of hydrogen-bond donors (Lipinski definition) is 4. The molecule has 4 rings (SSSR count). The molecule has 4 N–H and O–H groups in total. The first-order chi connectivity index (χ1) is 13.7. The molecule has 0 saturated heterocycles. The predicted octanol–water partition coefficient (Wildman–Crippen LogP) is 2.44. The number of aliphatic hydroxyl groups excluding tert-OH is 3. The Morgan fingerprint density at radius 2 is 1.86 bits per heavy atom. The zero-order chi connectivity index (χ0) is 20.9. The molecular weight excluding hydrogens is 370 g/mol. The number of aromatic amines is 1. The Balaban J connectivity index is 1.74. The van der Waals surface area contributed by atoms with Gasteiger partial charge in [-0.1, -0.05) is 25.5 Å². The Hall–Kier alpha value is -2.67. The molecule has 0 saturated carbocycles. The normalized spacial score (nSPS) is 17.0. The van der Waals surface area contributed by atoms with E-state index in [1.54, 1.807) is 12.1 Å². The van der Waals surface area contributed by atoms with Gasteiger partial charge >= 0.3 is 0 Å². The predicted molar refractivity (Wildman–Crippen MR) is 110 cm³/mol. The molecule has 2 aromatic carbocycles. The van der Waals surface area contributed by atoms with Crippen molar-refractivity contribution in [2.75, 3.05) is 13.2 Å². The van der Waals surface area contributed by atoms with E-state index in [9.17, 15) is 15.0 Å². The summed E-state index contributed by atoms with van der Waals surface area (Å²) in [5.41, 5.74) is 4.66. The maximum Gasteiger partial charge on any atom is 0.195 e. The number of carbonyl (C=O) groups excluding carboxylic acids is 1. The lowest BCUT2D eigenvalue weighted by Gasteiger charge is -2.32. The summed E-state index contributed by atoms with van der Waals surface area (Å²) >= 11 is 0. The molecule has 1 aromatic heterocycles. The van der Waals surface area contributed by atoms with Gasteiger partial charge in [0.15, 0.2) is 5.78 Å². The van der Waals surface area contributed by atoms with Crippen LogP contribution in [0.25, 0.3) is 10.9 Å². The molecule has 1 heterocycles. The molecule has 3 aromatic rings. The summed E-state index contributed by atoms with van der Waals surface area (Å²) in [5.74, 6) is 0.470. The first kappa shape index (κ1) is 19.6. The minimum absolute atomic E-state index is 0.0199. The number of hydrogen-bond acceptors (Lipinski definition) is 5. The van der Waals surface area contributed by atoms with E-state index in [1.165, 1.54) is 0 Å². The van der Waals surface area contributed by atoms with E-state index in [2.05, 4.69) is 18.8 Å². The van der Waals surface area contributed by atoms with Crippen LogP contribution in [0.5, 0.6) is 5.75 Å². The van der Waals surface area contributed by atoms with Crippen molar-refractivity contribution in [1.29, 1.82) is 0 Å². The summed E-state index contributed by atoms with van der Waals surface area (Å²) in [6.07, 6.45) is -2.46. The molecule has 0 aliphatic heterocycles. The van der Waals surface area contributed by atoms with Crippen molar-refractivity contribution in [3.05, 3.63) is 64.3 Å². The summed E-state index contributed by atoms with van der Waals surface area (Å²) < 4.78 is 5.61. The van der Waals surface area contributed by atoms with Crippen molar-refractivity contribution in [3.8, 4) is 5.75 Å². The van der Waals surface area contributed by atoms with Crippen LogP contribution in [0.3, 0.4) is 0 Å². The van der Waals surface area contributed by atoms with Gasteiger partial charge in [-0.2, -0.15) is 0 Å². The van der Waals surface area contributed by atoms with Gasteiger partial charge in [0, 0.05) is 27.6 Å². The lowest BCUT2D eigenvalue weighted by atomic mass is 9.71. The highest BCUT2D eigenvalue weighted by atomic mass is 16.5. The van der Waals surface area contributed by atoms with E-state index in [0.29, 0.717) is 11.3 Å². The summed E-state index contributed by atoms with van der Waals surface area (Å²) in [4.78, 5) is 16.8. The van der Waals surface area contributed by atoms with Crippen LogP contribution >= 0.6 is 0 Å². The molecule has 0 amide bonds. The van der Waals surface area contributed by atoms with Crippen molar-refractivity contribution < 1.29 is 24.9 Å². The van der Waals surface area contributed by atoms with Crippen LogP contribution in [-0.4, -0.2) is 51.5 Å². The van der Waals surface area contributed by atoms with Crippen LogP contribution < -0.4 is 4.74 Å². The van der Waals surface area contributed by atoms with Crippen molar-refractivity contribution in [2.45, 2.75) is 38.4 Å². The standard InChI is InChI=1S/C23H25NO5/c1-12-4-7-17-15(8-12)20-21(28)14-6-5-13(29-11-19(27)18(26)10-25)9-16(14)23(2,3)22(20)24-17/h4-9,18-19,24-27H,10-11H2,1-3H3. The first-order valence-corrected chi connectivity index (χ1v) is 9.66. The van der Waals surface area contributed by atoms with Crippen LogP contribution in [0.1, 0.15) is 46.6 Å². The fourth-order valence-corrected chi connectivity index (χ4v) is 4.02. The topological polar surface area (TPSA) is 103 Å². The van der Waals surface area contributed by atoms with E-state index >= 15 is 0 Å². The second kappa shape index (κ2) is 6.99. The van der Waals surface area contributed by atoms with E-state index in [0.717, 1.165) is 33.3 Å². The molecule has 2 unspecified atom stereocenters. The Morgan fingerprint density at radius 1 is 1.10 bits per heavy atom. The molecule has 0 bridgehead atoms. The van der Waals surface area contributed by atoms with Gasteiger partial charge < -0.3 is 25.0 Å². The van der Waals surface area contributed by atoms with E-state index < -0.39 is 24.2 Å². The van der Waals surface area contributed by atoms with Crippen LogP contribution in [0.2, 0.25) is 0 Å². The number of aryl methyl sites for hydroxylation is 1. The molecule has 2 atom stereocenters. The zero-order valence-electron chi connectivity index (χ0n) is 16.7. The Labute approximate surface area is 168 Å². The Kier molecular flexibility index (Phi) is 4.73. The van der Waals surface area contributed by atoms with E-state index in [1.807, 2.05) is 31.2 Å². The van der Waals surface area contributed by atoms with Crippen molar-refractivity contribution in [2.24, 2.45) is 0 Å². The molecule has 0 spiro atoms. The molecular formula is C23H25NO5. The van der Waals surface area contributed by atoms with Gasteiger partial charge in [0.2, 0.25) is 0 Å².